The Bertz CT molecular complexity index is 423. The van der Waals surface area contributed by atoms with Crippen molar-refractivity contribution in [2.45, 2.75) is 0 Å². The highest BCUT2D eigenvalue weighted by molar-refractivity contribution is 6.31. The number of nitrogens with two attached hydrogens (primary N) is 1. The Labute approximate surface area is 88.7 Å². The number of hydrogen-bond donors (Lipinski definition) is 2. The third-order valence-electron chi connectivity index (χ3n) is 1.44. The molecule has 0 aromatic heterocycles. The quantitative estimate of drug-likeness (QED) is 0.455. The number of carbonyl (C=O) groups is 1. The molecule has 4 nitrogen and oxygen atoms in total. The van der Waals surface area contributed by atoms with Crippen LogP contribution in [0.2, 0.25) is 5.02 Å². The number of primary amides is 1. The molecule has 3 N–H and O–H groups in total. The van der Waals surface area contributed by atoms with Crippen LogP contribution < -0.4 is 11.2 Å². The summed E-state index contributed by atoms with van der Waals surface area (Å²) in [6.07, 6.45) is 0.964. The first-order valence-electron chi connectivity index (χ1n) is 3.74. The number of halogens is 3. The van der Waals surface area contributed by atoms with Gasteiger partial charge in [-0.05, 0) is 12.1 Å². The van der Waals surface area contributed by atoms with Crippen LogP contribution in [-0.4, -0.2) is 12.2 Å². The summed E-state index contributed by atoms with van der Waals surface area (Å²) in [6.45, 7) is 0. The molecular formula is C8H6ClF2N3O. The highest BCUT2D eigenvalue weighted by Gasteiger charge is 2.09. The van der Waals surface area contributed by atoms with E-state index in [0.29, 0.717) is 0 Å². The minimum absolute atomic E-state index is 0.0600. The molecule has 0 radical (unpaired) electrons. The van der Waals surface area contributed by atoms with Crippen molar-refractivity contribution < 1.29 is 13.6 Å². The number of carbonyl (C=O) groups excluding carboxylic acids is 1. The van der Waals surface area contributed by atoms with Crippen LogP contribution in [0.4, 0.5) is 13.6 Å². The lowest BCUT2D eigenvalue weighted by Crippen LogP contribution is -2.24. The Hall–Kier alpha value is -1.69. The van der Waals surface area contributed by atoms with Crippen molar-refractivity contribution in [3.05, 3.63) is 34.4 Å². The molecule has 80 valence electrons. The highest BCUT2D eigenvalue weighted by Crippen LogP contribution is 2.20. The third-order valence-corrected chi connectivity index (χ3v) is 1.79. The molecule has 0 saturated carbocycles. The fourth-order valence-corrected chi connectivity index (χ4v) is 0.978. The van der Waals surface area contributed by atoms with Gasteiger partial charge in [-0.25, -0.2) is 19.0 Å². The summed E-state index contributed by atoms with van der Waals surface area (Å²) in [4.78, 5) is 10.2. The maximum absolute atomic E-state index is 13.2. The number of nitrogens with one attached hydrogen (secondary N) is 1. The second-order valence-electron chi connectivity index (χ2n) is 2.50. The van der Waals surface area contributed by atoms with E-state index >= 15 is 0 Å². The molecule has 0 fully saturated rings. The number of nitrogens with zero attached hydrogens (tertiary/aromatic N) is 1. The summed E-state index contributed by atoms with van der Waals surface area (Å²) in [5.74, 6) is -1.82. The molecule has 0 heterocycles. The molecule has 0 aliphatic carbocycles. The second kappa shape index (κ2) is 4.70. The predicted octanol–water partition coefficient (Wildman–Crippen LogP) is 1.62. The lowest BCUT2D eigenvalue weighted by atomic mass is 10.2. The number of amides is 2. The molecule has 7 heteroatoms. The van der Waals surface area contributed by atoms with E-state index in [1.165, 1.54) is 0 Å². The molecule has 1 aromatic rings. The number of hydrogen-bond acceptors (Lipinski definition) is 2. The van der Waals surface area contributed by atoms with Crippen molar-refractivity contribution in [3.63, 3.8) is 0 Å². The van der Waals surface area contributed by atoms with Crippen LogP contribution in [0.15, 0.2) is 17.2 Å². The number of benzene rings is 1. The van der Waals surface area contributed by atoms with Crippen LogP contribution in [0.5, 0.6) is 0 Å². The van der Waals surface area contributed by atoms with Gasteiger partial charge in [0.15, 0.2) is 5.82 Å². The Morgan fingerprint density at radius 3 is 2.80 bits per heavy atom. The fourth-order valence-electron chi connectivity index (χ4n) is 0.806. The summed E-state index contributed by atoms with van der Waals surface area (Å²) >= 11 is 5.30. The lowest BCUT2D eigenvalue weighted by molar-refractivity contribution is 0.249. The van der Waals surface area contributed by atoms with E-state index in [1.54, 1.807) is 0 Å². The molecule has 0 aliphatic rings. The van der Waals surface area contributed by atoms with Gasteiger partial charge in [0.25, 0.3) is 0 Å². The Balaban J connectivity index is 2.92. The Morgan fingerprint density at radius 2 is 2.20 bits per heavy atom. The summed E-state index contributed by atoms with van der Waals surface area (Å²) < 4.78 is 25.9. The summed E-state index contributed by atoms with van der Waals surface area (Å²) in [6, 6.07) is 1.22. The zero-order chi connectivity index (χ0) is 11.4. The van der Waals surface area contributed by atoms with Crippen LogP contribution in [-0.2, 0) is 0 Å². The maximum atomic E-state index is 13.2. The lowest BCUT2D eigenvalue weighted by Gasteiger charge is -1.99. The van der Waals surface area contributed by atoms with Gasteiger partial charge in [0.1, 0.15) is 10.8 Å². The van der Waals surface area contributed by atoms with E-state index in [4.69, 9.17) is 17.3 Å². The molecule has 2 amide bonds. The van der Waals surface area contributed by atoms with Gasteiger partial charge >= 0.3 is 6.03 Å². The zero-order valence-corrected chi connectivity index (χ0v) is 8.05. The first-order chi connectivity index (χ1) is 7.02. The largest absolute Gasteiger partial charge is 0.350 e. The molecule has 0 spiro atoms. The van der Waals surface area contributed by atoms with E-state index in [-0.39, 0.29) is 5.56 Å². The summed E-state index contributed by atoms with van der Waals surface area (Å²) in [5, 5.41) is 2.68. The van der Waals surface area contributed by atoms with Gasteiger partial charge in [-0.15, -0.1) is 0 Å². The van der Waals surface area contributed by atoms with Crippen molar-refractivity contribution in [2.75, 3.05) is 0 Å². The van der Waals surface area contributed by atoms with Gasteiger partial charge in [-0.1, -0.05) is 11.6 Å². The van der Waals surface area contributed by atoms with Crippen molar-refractivity contribution in [3.8, 4) is 0 Å². The first kappa shape index (κ1) is 11.4. The van der Waals surface area contributed by atoms with Crippen molar-refractivity contribution in [1.29, 1.82) is 0 Å². The molecule has 0 unspecified atom stereocenters. The van der Waals surface area contributed by atoms with Gasteiger partial charge in [0.05, 0.1) is 6.21 Å². The highest BCUT2D eigenvalue weighted by atomic mass is 35.5. The molecule has 0 atom stereocenters. The smallest absolute Gasteiger partial charge is 0.332 e. The number of hydrazone groups is 1. The van der Waals surface area contributed by atoms with Crippen LogP contribution in [0.3, 0.4) is 0 Å². The summed E-state index contributed by atoms with van der Waals surface area (Å²) in [7, 11) is 0. The van der Waals surface area contributed by atoms with Crippen LogP contribution in [0, 0.1) is 11.6 Å². The van der Waals surface area contributed by atoms with Gasteiger partial charge in [-0.3, -0.25) is 0 Å². The monoisotopic (exact) mass is 233 g/mol. The molecule has 1 aromatic carbocycles. The van der Waals surface area contributed by atoms with Crippen LogP contribution >= 0.6 is 11.6 Å². The fraction of sp³-hybridized carbons (Fsp3) is 0. The van der Waals surface area contributed by atoms with E-state index in [1.807, 2.05) is 5.43 Å². The van der Waals surface area contributed by atoms with Crippen LogP contribution in [0.1, 0.15) is 5.56 Å². The van der Waals surface area contributed by atoms with Crippen molar-refractivity contribution in [2.24, 2.45) is 10.8 Å². The van der Waals surface area contributed by atoms with Gasteiger partial charge in [-0.2, -0.15) is 5.10 Å². The van der Waals surface area contributed by atoms with E-state index in [9.17, 15) is 13.6 Å². The molecule has 0 aliphatic heterocycles. The van der Waals surface area contributed by atoms with E-state index in [2.05, 4.69) is 5.10 Å². The Kier molecular flexibility index (Phi) is 3.56. The molecule has 0 bridgehead atoms. The average Bonchev–Trinajstić information content (AvgIpc) is 2.18. The van der Waals surface area contributed by atoms with Crippen molar-refractivity contribution >= 4 is 23.8 Å². The molecule has 15 heavy (non-hydrogen) atoms. The molecule has 1 rings (SSSR count). The van der Waals surface area contributed by atoms with Gasteiger partial charge in [0, 0.05) is 5.56 Å². The zero-order valence-electron chi connectivity index (χ0n) is 7.30. The standard InChI is InChI=1S/C8H6ClF2N3O/c9-6-5(10)2-1-4(7(6)11)3-13-14-8(12)15/h1-3H,(H3,12,14,15). The second-order valence-corrected chi connectivity index (χ2v) is 2.88. The summed E-state index contributed by atoms with van der Waals surface area (Å²) in [5.41, 5.74) is 6.51. The molecule has 0 saturated heterocycles. The van der Waals surface area contributed by atoms with E-state index in [0.717, 1.165) is 18.3 Å². The Morgan fingerprint density at radius 1 is 1.53 bits per heavy atom. The minimum Gasteiger partial charge on any atom is -0.350 e. The average molecular weight is 234 g/mol. The van der Waals surface area contributed by atoms with E-state index < -0.39 is 22.7 Å². The minimum atomic E-state index is -0.952. The SMILES string of the molecule is NC(=O)NN=Cc1ccc(F)c(Cl)c1F. The van der Waals surface area contributed by atoms with Crippen molar-refractivity contribution in [1.82, 2.24) is 5.43 Å². The number of rotatable bonds is 2. The third kappa shape index (κ3) is 2.88. The normalized spacial score (nSPS) is 10.6. The molecular weight excluding hydrogens is 228 g/mol. The maximum Gasteiger partial charge on any atom is 0.332 e. The van der Waals surface area contributed by atoms with Gasteiger partial charge < -0.3 is 5.73 Å². The predicted molar refractivity (Wildman–Crippen MR) is 51.7 cm³/mol. The number of urea groups is 1. The topological polar surface area (TPSA) is 67.5 Å². The van der Waals surface area contributed by atoms with Gasteiger partial charge in [0.2, 0.25) is 0 Å². The van der Waals surface area contributed by atoms with Crippen LogP contribution in [0.25, 0.3) is 0 Å². The first-order valence-corrected chi connectivity index (χ1v) is 4.12.